The zero-order chi connectivity index (χ0) is 32.3. The fourth-order valence-corrected chi connectivity index (χ4v) is 8.61. The summed E-state index contributed by atoms with van der Waals surface area (Å²) in [6, 6.07) is 66.3. The number of benzene rings is 8. The molecule has 0 bridgehead atoms. The first-order valence-corrected chi connectivity index (χ1v) is 17.5. The Morgan fingerprint density at radius 3 is 1.90 bits per heavy atom. The molecule has 10 rings (SSSR count). The number of fused-ring (bicyclic) bond motifs is 7. The Morgan fingerprint density at radius 2 is 1.02 bits per heavy atom. The summed E-state index contributed by atoms with van der Waals surface area (Å²) in [4.78, 5) is 2.41. The number of nitrogens with zero attached hydrogens (tertiary/aromatic N) is 2. The first kappa shape index (κ1) is 27.9. The van der Waals surface area contributed by atoms with Crippen molar-refractivity contribution in [1.82, 2.24) is 4.57 Å². The van der Waals surface area contributed by atoms with Gasteiger partial charge < -0.3 is 9.47 Å². The SMILES string of the molecule is c1ccc(-n2c3ccccc3c3ccc(N(c4ccc(-c5cccc6ccccc56)cc4)c4ccc5sc6ccccc6c5c4)cc32)cc1. The van der Waals surface area contributed by atoms with Gasteiger partial charge in [-0.15, -0.1) is 11.3 Å². The van der Waals surface area contributed by atoms with Gasteiger partial charge in [0.2, 0.25) is 0 Å². The smallest absolute Gasteiger partial charge is 0.0561 e. The highest BCUT2D eigenvalue weighted by molar-refractivity contribution is 7.25. The average molecular weight is 643 g/mol. The monoisotopic (exact) mass is 642 g/mol. The quantitative estimate of drug-likeness (QED) is 0.181. The van der Waals surface area contributed by atoms with Crippen molar-refractivity contribution in [3.05, 3.63) is 182 Å². The normalized spacial score (nSPS) is 11.7. The van der Waals surface area contributed by atoms with Gasteiger partial charge in [-0.1, -0.05) is 115 Å². The number of para-hydroxylation sites is 2. The lowest BCUT2D eigenvalue weighted by Gasteiger charge is -2.26. The Balaban J connectivity index is 1.19. The molecule has 49 heavy (non-hydrogen) atoms. The van der Waals surface area contributed by atoms with E-state index in [4.69, 9.17) is 0 Å². The van der Waals surface area contributed by atoms with Crippen molar-refractivity contribution < 1.29 is 0 Å². The van der Waals surface area contributed by atoms with Crippen molar-refractivity contribution >= 4 is 81.1 Å². The van der Waals surface area contributed by atoms with E-state index in [0.29, 0.717) is 0 Å². The maximum atomic E-state index is 2.41. The predicted octanol–water partition coefficient (Wildman–Crippen LogP) is 13.4. The van der Waals surface area contributed by atoms with Crippen molar-refractivity contribution in [2.24, 2.45) is 0 Å². The predicted molar refractivity (Wildman–Crippen MR) is 211 cm³/mol. The number of rotatable bonds is 5. The van der Waals surface area contributed by atoms with Crippen molar-refractivity contribution in [2.45, 2.75) is 0 Å². The van der Waals surface area contributed by atoms with Gasteiger partial charge in [0.15, 0.2) is 0 Å². The summed E-state index contributed by atoms with van der Waals surface area (Å²) in [5.74, 6) is 0. The van der Waals surface area contributed by atoms with E-state index in [1.165, 1.54) is 63.9 Å². The molecule has 2 aromatic heterocycles. The standard InChI is InChI=1S/C46H30N2S/c1-2-13-33(14-3-1)48-43-19-8-6-16-39(43)40-27-25-36(30-44(40)48)47(35-26-28-46-42(29-35)41-17-7-9-20-45(41)49-46)34-23-21-32(22-24-34)38-18-10-12-31-11-4-5-15-37(31)38/h1-30H. The fraction of sp³-hybridized carbons (Fsp3) is 0. The van der Waals surface area contributed by atoms with E-state index in [2.05, 4.69) is 191 Å². The third-order valence-electron chi connectivity index (χ3n) is 9.77. The molecule has 8 aromatic carbocycles. The molecule has 0 aliphatic heterocycles. The molecule has 2 nitrogen and oxygen atoms in total. The van der Waals surface area contributed by atoms with Gasteiger partial charge in [-0.05, 0) is 88.6 Å². The van der Waals surface area contributed by atoms with Crippen LogP contribution in [-0.2, 0) is 0 Å². The number of anilines is 3. The molecule has 0 amide bonds. The third-order valence-corrected chi connectivity index (χ3v) is 10.9. The number of hydrogen-bond acceptors (Lipinski definition) is 2. The molecule has 0 atom stereocenters. The second-order valence-electron chi connectivity index (χ2n) is 12.6. The van der Waals surface area contributed by atoms with Crippen LogP contribution >= 0.6 is 11.3 Å². The van der Waals surface area contributed by atoms with E-state index in [0.717, 1.165) is 22.7 Å². The number of aromatic nitrogens is 1. The topological polar surface area (TPSA) is 8.17 Å². The van der Waals surface area contributed by atoms with Crippen molar-refractivity contribution in [1.29, 1.82) is 0 Å². The second kappa shape index (κ2) is 11.2. The molecule has 2 heterocycles. The Labute approximate surface area is 288 Å². The molecule has 230 valence electrons. The largest absolute Gasteiger partial charge is 0.310 e. The van der Waals surface area contributed by atoms with Crippen LogP contribution in [0.4, 0.5) is 17.1 Å². The summed E-state index contributed by atoms with van der Waals surface area (Å²) in [7, 11) is 0. The number of thiophene rings is 1. The third kappa shape index (κ3) is 4.55. The van der Waals surface area contributed by atoms with Crippen LogP contribution in [0, 0.1) is 0 Å². The number of hydrogen-bond donors (Lipinski definition) is 0. The van der Waals surface area contributed by atoms with Crippen LogP contribution in [-0.4, -0.2) is 4.57 Å². The summed E-state index contributed by atoms with van der Waals surface area (Å²) >= 11 is 1.86. The van der Waals surface area contributed by atoms with Gasteiger partial charge in [0.25, 0.3) is 0 Å². The summed E-state index contributed by atoms with van der Waals surface area (Å²) in [6.07, 6.45) is 0. The van der Waals surface area contributed by atoms with E-state index < -0.39 is 0 Å². The molecule has 0 saturated carbocycles. The lowest BCUT2D eigenvalue weighted by atomic mass is 9.98. The fourth-order valence-electron chi connectivity index (χ4n) is 7.52. The molecular formula is C46H30N2S. The Kier molecular flexibility index (Phi) is 6.39. The summed E-state index contributed by atoms with van der Waals surface area (Å²) in [5, 5.41) is 7.61. The van der Waals surface area contributed by atoms with Crippen molar-refractivity contribution in [3.8, 4) is 16.8 Å². The van der Waals surface area contributed by atoms with Crippen molar-refractivity contribution in [2.75, 3.05) is 4.90 Å². The molecular weight excluding hydrogens is 613 g/mol. The van der Waals surface area contributed by atoms with Gasteiger partial charge in [-0.3, -0.25) is 0 Å². The van der Waals surface area contributed by atoms with Crippen LogP contribution in [0.3, 0.4) is 0 Å². The Hall–Kier alpha value is -6.16. The van der Waals surface area contributed by atoms with Gasteiger partial charge in [-0.2, -0.15) is 0 Å². The van der Waals surface area contributed by atoms with E-state index in [9.17, 15) is 0 Å². The molecule has 0 fully saturated rings. The van der Waals surface area contributed by atoms with E-state index in [1.54, 1.807) is 0 Å². The highest BCUT2D eigenvalue weighted by atomic mass is 32.1. The molecule has 10 aromatic rings. The van der Waals surface area contributed by atoms with Gasteiger partial charge >= 0.3 is 0 Å². The molecule has 0 N–H and O–H groups in total. The first-order chi connectivity index (χ1) is 24.3. The maximum absolute atomic E-state index is 2.41. The second-order valence-corrected chi connectivity index (χ2v) is 13.7. The first-order valence-electron chi connectivity index (χ1n) is 16.7. The van der Waals surface area contributed by atoms with Gasteiger partial charge in [0, 0.05) is 53.7 Å². The van der Waals surface area contributed by atoms with Gasteiger partial charge in [0.1, 0.15) is 0 Å². The lowest BCUT2D eigenvalue weighted by molar-refractivity contribution is 1.18. The van der Waals surface area contributed by atoms with E-state index in [1.807, 2.05) is 11.3 Å². The molecule has 0 spiro atoms. The van der Waals surface area contributed by atoms with Crippen LogP contribution in [0.25, 0.3) is 69.6 Å². The van der Waals surface area contributed by atoms with Crippen LogP contribution in [0.15, 0.2) is 182 Å². The molecule has 0 saturated heterocycles. The molecule has 0 radical (unpaired) electrons. The summed E-state index contributed by atoms with van der Waals surface area (Å²) < 4.78 is 5.01. The lowest BCUT2D eigenvalue weighted by Crippen LogP contribution is -2.10. The van der Waals surface area contributed by atoms with E-state index >= 15 is 0 Å². The Morgan fingerprint density at radius 1 is 0.388 bits per heavy atom. The van der Waals surface area contributed by atoms with Crippen LogP contribution < -0.4 is 4.90 Å². The van der Waals surface area contributed by atoms with Gasteiger partial charge in [0.05, 0.1) is 11.0 Å². The molecule has 0 aliphatic carbocycles. The van der Waals surface area contributed by atoms with Crippen LogP contribution in [0.2, 0.25) is 0 Å². The Bertz CT molecular complexity index is 2820. The minimum Gasteiger partial charge on any atom is -0.310 e. The minimum absolute atomic E-state index is 1.12. The zero-order valence-corrected chi connectivity index (χ0v) is 27.4. The highest BCUT2D eigenvalue weighted by Crippen LogP contribution is 2.43. The molecule has 3 heteroatoms. The van der Waals surface area contributed by atoms with Gasteiger partial charge in [-0.25, -0.2) is 0 Å². The van der Waals surface area contributed by atoms with Crippen LogP contribution in [0.1, 0.15) is 0 Å². The summed E-state index contributed by atoms with van der Waals surface area (Å²) in [5.41, 5.74) is 9.37. The maximum Gasteiger partial charge on any atom is 0.0561 e. The minimum atomic E-state index is 1.12. The highest BCUT2D eigenvalue weighted by Gasteiger charge is 2.19. The van der Waals surface area contributed by atoms with E-state index in [-0.39, 0.29) is 0 Å². The summed E-state index contributed by atoms with van der Waals surface area (Å²) in [6.45, 7) is 0. The van der Waals surface area contributed by atoms with Crippen molar-refractivity contribution in [3.63, 3.8) is 0 Å². The average Bonchev–Trinajstić information content (AvgIpc) is 3.70. The molecule has 0 aliphatic rings. The zero-order valence-electron chi connectivity index (χ0n) is 26.6. The molecule has 0 unspecified atom stereocenters. The van der Waals surface area contributed by atoms with Crippen LogP contribution in [0.5, 0.6) is 0 Å².